The van der Waals surface area contributed by atoms with Gasteiger partial charge in [0.2, 0.25) is 10.0 Å². The monoisotopic (exact) mass is 313 g/mol. The molecule has 116 valence electrons. The van der Waals surface area contributed by atoms with Gasteiger partial charge in [-0.25, -0.2) is 13.1 Å². The quantitative estimate of drug-likeness (QED) is 0.656. The lowest BCUT2D eigenvalue weighted by atomic mass is 10.2. The van der Waals surface area contributed by atoms with E-state index in [0.29, 0.717) is 30.6 Å². The first-order chi connectivity index (χ1) is 9.88. The lowest BCUT2D eigenvalue weighted by Gasteiger charge is -2.18. The van der Waals surface area contributed by atoms with Crippen LogP contribution in [0.1, 0.15) is 13.8 Å². The first-order valence-corrected chi connectivity index (χ1v) is 8.16. The number of carbonyl (C=O) groups is 1. The van der Waals surface area contributed by atoms with E-state index in [1.165, 1.54) is 18.2 Å². The zero-order chi connectivity index (χ0) is 15.5. The predicted molar refractivity (Wildman–Crippen MR) is 78.9 cm³/mol. The van der Waals surface area contributed by atoms with Crippen molar-refractivity contribution in [2.24, 2.45) is 0 Å². The van der Waals surface area contributed by atoms with E-state index in [-0.39, 0.29) is 17.4 Å². The Morgan fingerprint density at radius 2 is 2.10 bits per heavy atom. The van der Waals surface area contributed by atoms with Crippen LogP contribution >= 0.6 is 0 Å². The second kappa shape index (κ2) is 6.42. The number of carbonyl (C=O) groups excluding carboxylic acids is 1. The zero-order valence-electron chi connectivity index (χ0n) is 12.0. The number of sulfonamides is 1. The molecule has 1 amide bonds. The molecule has 1 heterocycles. The molecule has 0 saturated heterocycles. The topological polar surface area (TPSA) is 96.5 Å². The number of hydrogen-bond donors (Lipinski definition) is 3. The van der Waals surface area contributed by atoms with Crippen LogP contribution in [-0.4, -0.2) is 40.1 Å². The molecule has 1 aliphatic heterocycles. The number of fused-ring (bicyclic) bond motifs is 1. The highest BCUT2D eigenvalue weighted by atomic mass is 32.2. The van der Waals surface area contributed by atoms with E-state index < -0.39 is 10.0 Å². The fraction of sp³-hybridized carbons (Fsp3) is 0.462. The highest BCUT2D eigenvalue weighted by molar-refractivity contribution is 7.89. The maximum absolute atomic E-state index is 12.2. The third-order valence-electron chi connectivity index (χ3n) is 2.86. The number of benzene rings is 1. The van der Waals surface area contributed by atoms with Crippen LogP contribution in [0.4, 0.5) is 5.69 Å². The maximum atomic E-state index is 12.2. The zero-order valence-corrected chi connectivity index (χ0v) is 12.8. The lowest BCUT2D eigenvalue weighted by Crippen LogP contribution is -2.34. The van der Waals surface area contributed by atoms with E-state index >= 15 is 0 Å². The number of rotatable bonds is 6. The van der Waals surface area contributed by atoms with Crippen LogP contribution in [0, 0.1) is 0 Å². The normalized spacial score (nSPS) is 14.5. The molecule has 2 rings (SSSR count). The van der Waals surface area contributed by atoms with Crippen molar-refractivity contribution in [1.29, 1.82) is 0 Å². The molecule has 0 fully saturated rings. The van der Waals surface area contributed by atoms with Crippen LogP contribution in [-0.2, 0) is 14.8 Å². The van der Waals surface area contributed by atoms with Gasteiger partial charge in [-0.05, 0) is 18.2 Å². The molecule has 0 unspecified atom stereocenters. The Labute approximate surface area is 124 Å². The van der Waals surface area contributed by atoms with Gasteiger partial charge in [-0.1, -0.05) is 13.8 Å². The Kier molecular flexibility index (Phi) is 4.81. The van der Waals surface area contributed by atoms with Gasteiger partial charge in [0, 0.05) is 19.1 Å². The standard InChI is InChI=1S/C13H19N3O4S/c1-9(2)14-5-6-15-21(18,19)10-3-4-12-11(7-10)16-13(17)8-20-12/h3-4,7,9,14-15H,5-6,8H2,1-2H3,(H,16,17). The minimum absolute atomic E-state index is 0.0573. The van der Waals surface area contributed by atoms with E-state index in [1.54, 1.807) is 0 Å². The second-order valence-corrected chi connectivity index (χ2v) is 6.77. The summed E-state index contributed by atoms with van der Waals surface area (Å²) >= 11 is 0. The molecule has 0 aliphatic carbocycles. The Morgan fingerprint density at radius 1 is 1.33 bits per heavy atom. The molecule has 3 N–H and O–H groups in total. The number of anilines is 1. The van der Waals surface area contributed by atoms with Crippen molar-refractivity contribution < 1.29 is 17.9 Å². The molecule has 0 aromatic heterocycles. The fourth-order valence-corrected chi connectivity index (χ4v) is 2.92. The van der Waals surface area contributed by atoms with Gasteiger partial charge in [0.05, 0.1) is 10.6 Å². The average Bonchev–Trinajstić information content (AvgIpc) is 2.42. The molecule has 0 saturated carbocycles. The highest BCUT2D eigenvalue weighted by Gasteiger charge is 2.20. The molecule has 21 heavy (non-hydrogen) atoms. The second-order valence-electron chi connectivity index (χ2n) is 5.00. The van der Waals surface area contributed by atoms with E-state index in [0.717, 1.165) is 0 Å². The van der Waals surface area contributed by atoms with E-state index in [9.17, 15) is 13.2 Å². The summed E-state index contributed by atoms with van der Waals surface area (Å²) in [6.07, 6.45) is 0. The van der Waals surface area contributed by atoms with Crippen molar-refractivity contribution in [3.63, 3.8) is 0 Å². The molecule has 0 atom stereocenters. The summed E-state index contributed by atoms with van der Waals surface area (Å²) in [4.78, 5) is 11.3. The SMILES string of the molecule is CC(C)NCCNS(=O)(=O)c1ccc2c(c1)NC(=O)CO2. The Balaban J connectivity index is 2.06. The summed E-state index contributed by atoms with van der Waals surface area (Å²) in [6.45, 7) is 4.75. The van der Waals surface area contributed by atoms with Gasteiger partial charge in [0.1, 0.15) is 5.75 Å². The highest BCUT2D eigenvalue weighted by Crippen LogP contribution is 2.29. The van der Waals surface area contributed by atoms with Crippen LogP contribution in [0.25, 0.3) is 0 Å². The van der Waals surface area contributed by atoms with Crippen molar-refractivity contribution in [3.8, 4) is 5.75 Å². The smallest absolute Gasteiger partial charge is 0.262 e. The van der Waals surface area contributed by atoms with Crippen molar-refractivity contribution in [3.05, 3.63) is 18.2 Å². The van der Waals surface area contributed by atoms with Crippen LogP contribution < -0.4 is 20.1 Å². The average molecular weight is 313 g/mol. The molecule has 7 nitrogen and oxygen atoms in total. The minimum atomic E-state index is -3.61. The maximum Gasteiger partial charge on any atom is 0.262 e. The number of ether oxygens (including phenoxy) is 1. The van der Waals surface area contributed by atoms with Gasteiger partial charge < -0.3 is 15.4 Å². The minimum Gasteiger partial charge on any atom is -0.482 e. The van der Waals surface area contributed by atoms with Crippen molar-refractivity contribution in [2.75, 3.05) is 25.0 Å². The van der Waals surface area contributed by atoms with E-state index in [1.807, 2.05) is 13.8 Å². The molecular formula is C13H19N3O4S. The summed E-state index contributed by atoms with van der Waals surface area (Å²) in [5, 5.41) is 5.71. The lowest BCUT2D eigenvalue weighted by molar-refractivity contribution is -0.118. The predicted octanol–water partition coefficient (Wildman–Crippen LogP) is 0.294. The molecule has 0 radical (unpaired) electrons. The Hall–Kier alpha value is -1.64. The van der Waals surface area contributed by atoms with Gasteiger partial charge >= 0.3 is 0 Å². The van der Waals surface area contributed by atoms with E-state index in [2.05, 4.69) is 15.4 Å². The van der Waals surface area contributed by atoms with Gasteiger partial charge in [0.15, 0.2) is 6.61 Å². The molecule has 1 aromatic rings. The largest absolute Gasteiger partial charge is 0.482 e. The van der Waals surface area contributed by atoms with E-state index in [4.69, 9.17) is 4.74 Å². The van der Waals surface area contributed by atoms with Gasteiger partial charge in [-0.3, -0.25) is 4.79 Å². The van der Waals surface area contributed by atoms with Crippen molar-refractivity contribution >= 4 is 21.6 Å². The van der Waals surface area contributed by atoms with Crippen LogP contribution in [0.3, 0.4) is 0 Å². The molecule has 8 heteroatoms. The van der Waals surface area contributed by atoms with Crippen LogP contribution in [0.5, 0.6) is 5.75 Å². The van der Waals surface area contributed by atoms with Gasteiger partial charge in [-0.2, -0.15) is 0 Å². The molecule has 0 bridgehead atoms. The summed E-state index contributed by atoms with van der Waals surface area (Å²) in [5.41, 5.74) is 0.370. The third kappa shape index (κ3) is 4.16. The van der Waals surface area contributed by atoms with Crippen LogP contribution in [0.15, 0.2) is 23.1 Å². The third-order valence-corrected chi connectivity index (χ3v) is 4.32. The fourth-order valence-electron chi connectivity index (χ4n) is 1.86. The molecular weight excluding hydrogens is 294 g/mol. The Bertz CT molecular complexity index is 628. The van der Waals surface area contributed by atoms with Crippen molar-refractivity contribution in [1.82, 2.24) is 10.0 Å². The van der Waals surface area contributed by atoms with Crippen LogP contribution in [0.2, 0.25) is 0 Å². The van der Waals surface area contributed by atoms with Gasteiger partial charge in [0.25, 0.3) is 5.91 Å². The number of hydrogen-bond acceptors (Lipinski definition) is 5. The Morgan fingerprint density at radius 3 is 2.81 bits per heavy atom. The molecule has 0 spiro atoms. The summed E-state index contributed by atoms with van der Waals surface area (Å²) < 4.78 is 32.0. The summed E-state index contributed by atoms with van der Waals surface area (Å²) in [7, 11) is -3.61. The first-order valence-electron chi connectivity index (χ1n) is 6.68. The van der Waals surface area contributed by atoms with Crippen molar-refractivity contribution in [2.45, 2.75) is 24.8 Å². The molecule has 1 aromatic carbocycles. The summed E-state index contributed by atoms with van der Waals surface area (Å²) in [5.74, 6) is 0.168. The first kappa shape index (κ1) is 15.7. The number of amides is 1. The summed E-state index contributed by atoms with van der Waals surface area (Å²) in [6, 6.07) is 4.68. The number of nitrogens with one attached hydrogen (secondary N) is 3. The molecule has 1 aliphatic rings. The van der Waals surface area contributed by atoms with Gasteiger partial charge in [-0.15, -0.1) is 0 Å².